The average molecular weight is 440 g/mol. The van der Waals surface area contributed by atoms with E-state index in [9.17, 15) is 4.79 Å². The topological polar surface area (TPSA) is 45.7 Å². The fraction of sp³-hybridized carbons (Fsp3) is 0.440. The molecule has 0 fully saturated rings. The molecule has 0 saturated heterocycles. The number of ether oxygens (including phenoxy) is 1. The molecule has 0 aliphatic heterocycles. The normalized spacial score (nSPS) is 11.3. The maximum Gasteiger partial charge on any atom is 0.233 e. The lowest BCUT2D eigenvalue weighted by Crippen LogP contribution is -2.39. The third-order valence-corrected chi connectivity index (χ3v) is 6.55. The van der Waals surface area contributed by atoms with Gasteiger partial charge in [0.1, 0.15) is 5.75 Å². The van der Waals surface area contributed by atoms with Gasteiger partial charge < -0.3 is 9.64 Å². The minimum Gasteiger partial charge on any atom is -0.494 e. The summed E-state index contributed by atoms with van der Waals surface area (Å²) in [6, 6.07) is 14.2. The van der Waals surface area contributed by atoms with Crippen molar-refractivity contribution < 1.29 is 9.53 Å². The number of anilines is 1. The largest absolute Gasteiger partial charge is 0.494 e. The van der Waals surface area contributed by atoms with Crippen LogP contribution >= 0.6 is 11.3 Å². The molecule has 0 spiro atoms. The summed E-state index contributed by atoms with van der Waals surface area (Å²) in [6.45, 7) is 12.5. The maximum absolute atomic E-state index is 13.4. The summed E-state index contributed by atoms with van der Waals surface area (Å²) in [5.74, 6) is 0.904. The number of hydrogen-bond donors (Lipinski definition) is 0. The average Bonchev–Trinajstić information content (AvgIpc) is 3.21. The number of hydrogen-bond acceptors (Lipinski definition) is 5. The molecular weight excluding hydrogens is 406 g/mol. The van der Waals surface area contributed by atoms with Crippen molar-refractivity contribution in [2.24, 2.45) is 0 Å². The summed E-state index contributed by atoms with van der Waals surface area (Å²) < 4.78 is 6.65. The summed E-state index contributed by atoms with van der Waals surface area (Å²) >= 11 is 1.61. The van der Waals surface area contributed by atoms with Crippen LogP contribution in [0.1, 0.15) is 38.8 Å². The van der Waals surface area contributed by atoms with Gasteiger partial charge in [-0.05, 0) is 61.8 Å². The van der Waals surface area contributed by atoms with Gasteiger partial charge in [-0.3, -0.25) is 9.69 Å². The van der Waals surface area contributed by atoms with Crippen molar-refractivity contribution >= 4 is 32.6 Å². The van der Waals surface area contributed by atoms with Crippen molar-refractivity contribution in [3.63, 3.8) is 0 Å². The zero-order valence-corrected chi connectivity index (χ0v) is 19.9. The first kappa shape index (κ1) is 23.2. The standard InChI is InChI=1S/C25H33N3O2S/c1-5-19-11-14-22-23(17-19)31-25(26-22)28(16-15-27(6-2)7-3)24(29)18-20-9-12-21(13-10-20)30-8-4/h9-14,17H,5-8,15-16,18H2,1-4H3. The number of rotatable bonds is 11. The van der Waals surface area contributed by atoms with Gasteiger partial charge in [0.05, 0.1) is 23.2 Å². The highest BCUT2D eigenvalue weighted by atomic mass is 32.1. The molecule has 2 aromatic carbocycles. The Morgan fingerprint density at radius 3 is 2.32 bits per heavy atom. The molecule has 1 amide bonds. The first-order valence-electron chi connectivity index (χ1n) is 11.2. The molecule has 1 aromatic heterocycles. The van der Waals surface area contributed by atoms with Crippen LogP contribution in [-0.2, 0) is 17.6 Å². The Balaban J connectivity index is 1.83. The Bertz CT molecular complexity index is 980. The molecule has 1 heterocycles. The number of carbonyl (C=O) groups is 1. The van der Waals surface area contributed by atoms with Crippen LogP contribution in [0.25, 0.3) is 10.2 Å². The lowest BCUT2D eigenvalue weighted by atomic mass is 10.1. The zero-order chi connectivity index (χ0) is 22.2. The molecule has 0 unspecified atom stereocenters. The summed E-state index contributed by atoms with van der Waals surface area (Å²) in [4.78, 5) is 22.4. The second kappa shape index (κ2) is 11.3. The van der Waals surface area contributed by atoms with Gasteiger partial charge in [0.15, 0.2) is 5.13 Å². The molecular formula is C25H33N3O2S. The van der Waals surface area contributed by atoms with E-state index >= 15 is 0 Å². The number of carbonyl (C=O) groups excluding carboxylic acids is 1. The lowest BCUT2D eigenvalue weighted by Gasteiger charge is -2.24. The number of aromatic nitrogens is 1. The molecule has 0 aliphatic carbocycles. The third kappa shape index (κ3) is 6.05. The van der Waals surface area contributed by atoms with Gasteiger partial charge in [0.2, 0.25) is 5.91 Å². The van der Waals surface area contributed by atoms with Crippen LogP contribution in [0, 0.1) is 0 Å². The number of aryl methyl sites for hydroxylation is 1. The lowest BCUT2D eigenvalue weighted by molar-refractivity contribution is -0.118. The van der Waals surface area contributed by atoms with Gasteiger partial charge in [-0.25, -0.2) is 4.98 Å². The van der Waals surface area contributed by atoms with E-state index < -0.39 is 0 Å². The van der Waals surface area contributed by atoms with Gasteiger partial charge in [0, 0.05) is 13.1 Å². The van der Waals surface area contributed by atoms with Crippen LogP contribution in [0.4, 0.5) is 5.13 Å². The molecule has 0 atom stereocenters. The van der Waals surface area contributed by atoms with Gasteiger partial charge >= 0.3 is 0 Å². The molecule has 0 aliphatic rings. The van der Waals surface area contributed by atoms with Crippen molar-refractivity contribution in [1.29, 1.82) is 0 Å². The molecule has 3 aromatic rings. The van der Waals surface area contributed by atoms with Crippen molar-refractivity contribution in [1.82, 2.24) is 9.88 Å². The smallest absolute Gasteiger partial charge is 0.233 e. The number of nitrogens with zero attached hydrogens (tertiary/aromatic N) is 3. The van der Waals surface area contributed by atoms with Crippen LogP contribution < -0.4 is 9.64 Å². The van der Waals surface area contributed by atoms with E-state index in [1.54, 1.807) is 11.3 Å². The number of benzene rings is 2. The summed E-state index contributed by atoms with van der Waals surface area (Å²) in [7, 11) is 0. The van der Waals surface area contributed by atoms with E-state index in [4.69, 9.17) is 9.72 Å². The highest BCUT2D eigenvalue weighted by Gasteiger charge is 2.21. The number of likely N-dealkylation sites (N-methyl/N-ethyl adjacent to an activating group) is 1. The first-order valence-corrected chi connectivity index (χ1v) is 12.0. The van der Waals surface area contributed by atoms with Gasteiger partial charge in [-0.15, -0.1) is 0 Å². The number of amides is 1. The molecule has 0 saturated carbocycles. The second-order valence-electron chi connectivity index (χ2n) is 7.48. The third-order valence-electron chi connectivity index (χ3n) is 5.51. The molecule has 166 valence electrons. The monoisotopic (exact) mass is 439 g/mol. The van der Waals surface area contributed by atoms with E-state index in [0.717, 1.165) is 52.7 Å². The van der Waals surface area contributed by atoms with Crippen LogP contribution in [0.5, 0.6) is 5.75 Å². The van der Waals surface area contributed by atoms with Gasteiger partial charge in [0.25, 0.3) is 0 Å². The summed E-state index contributed by atoms with van der Waals surface area (Å²) in [6.07, 6.45) is 1.34. The van der Waals surface area contributed by atoms with E-state index in [-0.39, 0.29) is 5.91 Å². The van der Waals surface area contributed by atoms with Crippen LogP contribution in [0.15, 0.2) is 42.5 Å². The van der Waals surface area contributed by atoms with Crippen LogP contribution in [0.3, 0.4) is 0 Å². The molecule has 3 rings (SSSR count). The molecule has 0 N–H and O–H groups in total. The van der Waals surface area contributed by atoms with Crippen molar-refractivity contribution in [2.75, 3.05) is 37.7 Å². The highest BCUT2D eigenvalue weighted by Crippen LogP contribution is 2.30. The maximum atomic E-state index is 13.4. The molecule has 5 nitrogen and oxygen atoms in total. The van der Waals surface area contributed by atoms with Crippen molar-refractivity contribution in [2.45, 2.75) is 40.5 Å². The van der Waals surface area contributed by atoms with Crippen LogP contribution in [0.2, 0.25) is 0 Å². The Hall–Kier alpha value is -2.44. The predicted octanol–water partition coefficient (Wildman–Crippen LogP) is 5.17. The Labute approximate surface area is 189 Å². The Kier molecular flexibility index (Phi) is 8.43. The molecule has 6 heteroatoms. The first-order chi connectivity index (χ1) is 15.1. The molecule has 31 heavy (non-hydrogen) atoms. The number of thiazole rings is 1. The minimum atomic E-state index is 0.0751. The van der Waals surface area contributed by atoms with E-state index in [2.05, 4.69) is 43.9 Å². The van der Waals surface area contributed by atoms with E-state index in [0.29, 0.717) is 19.6 Å². The Morgan fingerprint density at radius 1 is 0.968 bits per heavy atom. The highest BCUT2D eigenvalue weighted by molar-refractivity contribution is 7.22. The second-order valence-corrected chi connectivity index (χ2v) is 8.49. The molecule has 0 bridgehead atoms. The van der Waals surface area contributed by atoms with Gasteiger partial charge in [-0.2, -0.15) is 0 Å². The quantitative estimate of drug-likeness (QED) is 0.413. The van der Waals surface area contributed by atoms with E-state index in [1.165, 1.54) is 5.56 Å². The van der Waals surface area contributed by atoms with Crippen molar-refractivity contribution in [3.8, 4) is 5.75 Å². The van der Waals surface area contributed by atoms with Gasteiger partial charge in [-0.1, -0.05) is 50.3 Å². The van der Waals surface area contributed by atoms with Crippen LogP contribution in [-0.4, -0.2) is 48.6 Å². The van der Waals surface area contributed by atoms with E-state index in [1.807, 2.05) is 36.1 Å². The molecule has 0 radical (unpaired) electrons. The SMILES string of the molecule is CCOc1ccc(CC(=O)N(CCN(CC)CC)c2nc3ccc(CC)cc3s2)cc1. The number of fused-ring (bicyclic) bond motifs is 1. The van der Waals surface area contributed by atoms with Crippen molar-refractivity contribution in [3.05, 3.63) is 53.6 Å². The zero-order valence-electron chi connectivity index (χ0n) is 19.1. The Morgan fingerprint density at radius 2 is 1.68 bits per heavy atom. The fourth-order valence-electron chi connectivity index (χ4n) is 3.54. The predicted molar refractivity (Wildman–Crippen MR) is 130 cm³/mol. The fourth-order valence-corrected chi connectivity index (χ4v) is 4.61. The summed E-state index contributed by atoms with van der Waals surface area (Å²) in [5, 5.41) is 0.784. The minimum absolute atomic E-state index is 0.0751. The summed E-state index contributed by atoms with van der Waals surface area (Å²) in [5.41, 5.74) is 3.23.